The van der Waals surface area contributed by atoms with Crippen molar-refractivity contribution in [1.29, 1.82) is 0 Å². The Hall–Kier alpha value is -0.570. The minimum Gasteiger partial charge on any atom is -0.481 e. The van der Waals surface area contributed by atoms with E-state index in [9.17, 15) is 9.90 Å². The second-order valence-corrected chi connectivity index (χ2v) is 5.38. The van der Waals surface area contributed by atoms with E-state index in [0.29, 0.717) is 12.0 Å². The Morgan fingerprint density at radius 3 is 2.38 bits per heavy atom. The molecule has 3 nitrogen and oxygen atoms in total. The molecule has 3 heteroatoms. The van der Waals surface area contributed by atoms with Crippen molar-refractivity contribution in [3.05, 3.63) is 0 Å². The number of nitrogens with zero attached hydrogens (tertiary/aromatic N) is 1. The van der Waals surface area contributed by atoms with Crippen LogP contribution in [-0.2, 0) is 4.79 Å². The molecular formula is C13H25NO2. The Balaban J connectivity index is 2.73. The number of likely N-dealkylation sites (tertiary alicyclic amines) is 1. The maximum atomic E-state index is 11.4. The van der Waals surface area contributed by atoms with E-state index in [4.69, 9.17) is 0 Å². The summed E-state index contributed by atoms with van der Waals surface area (Å²) in [4.78, 5) is 13.7. The van der Waals surface area contributed by atoms with Gasteiger partial charge in [0, 0.05) is 12.6 Å². The molecule has 0 amide bonds. The summed E-state index contributed by atoms with van der Waals surface area (Å²) in [5.74, 6) is -0.0115. The van der Waals surface area contributed by atoms with Gasteiger partial charge in [0.25, 0.3) is 0 Å². The van der Waals surface area contributed by atoms with E-state index in [0.717, 1.165) is 32.4 Å². The molecule has 1 aliphatic rings. The summed E-state index contributed by atoms with van der Waals surface area (Å²) in [5.41, 5.74) is -0.484. The molecule has 2 atom stereocenters. The Kier molecular flexibility index (Phi) is 4.36. The molecule has 1 fully saturated rings. The fourth-order valence-corrected chi connectivity index (χ4v) is 2.95. The number of rotatable bonds is 5. The lowest BCUT2D eigenvalue weighted by Crippen LogP contribution is -2.40. The molecule has 0 aliphatic carbocycles. The summed E-state index contributed by atoms with van der Waals surface area (Å²) in [5, 5.41) is 9.35. The van der Waals surface area contributed by atoms with E-state index >= 15 is 0 Å². The van der Waals surface area contributed by atoms with E-state index in [-0.39, 0.29) is 0 Å². The second-order valence-electron chi connectivity index (χ2n) is 5.38. The zero-order valence-electron chi connectivity index (χ0n) is 11.0. The van der Waals surface area contributed by atoms with Crippen molar-refractivity contribution in [3.63, 3.8) is 0 Å². The van der Waals surface area contributed by atoms with Crippen molar-refractivity contribution in [3.8, 4) is 0 Å². The first-order chi connectivity index (χ1) is 7.46. The molecule has 0 radical (unpaired) electrons. The topological polar surface area (TPSA) is 40.5 Å². The maximum absolute atomic E-state index is 11.4. The first kappa shape index (κ1) is 13.5. The first-order valence-corrected chi connectivity index (χ1v) is 6.44. The highest BCUT2D eigenvalue weighted by atomic mass is 16.4. The van der Waals surface area contributed by atoms with Gasteiger partial charge in [-0.2, -0.15) is 0 Å². The smallest absolute Gasteiger partial charge is 0.310 e. The van der Waals surface area contributed by atoms with E-state index in [2.05, 4.69) is 25.7 Å². The van der Waals surface area contributed by atoms with Gasteiger partial charge in [0.15, 0.2) is 0 Å². The normalized spacial score (nSPS) is 28.6. The zero-order valence-corrected chi connectivity index (χ0v) is 11.0. The lowest BCUT2D eigenvalue weighted by atomic mass is 9.84. The predicted octanol–water partition coefficient (Wildman–Crippen LogP) is 2.61. The fourth-order valence-electron chi connectivity index (χ4n) is 2.95. The van der Waals surface area contributed by atoms with Crippen molar-refractivity contribution in [2.24, 2.45) is 11.3 Å². The number of carbonyl (C=O) groups is 1. The molecule has 94 valence electrons. The van der Waals surface area contributed by atoms with Gasteiger partial charge in [-0.25, -0.2) is 0 Å². The van der Waals surface area contributed by atoms with Crippen LogP contribution in [0.1, 0.15) is 47.0 Å². The summed E-state index contributed by atoms with van der Waals surface area (Å²) < 4.78 is 0. The number of aliphatic carboxylic acids is 1. The van der Waals surface area contributed by atoms with Crippen molar-refractivity contribution >= 4 is 5.97 Å². The van der Waals surface area contributed by atoms with Gasteiger partial charge in [0.05, 0.1) is 5.41 Å². The monoisotopic (exact) mass is 227 g/mol. The molecule has 0 aromatic carbocycles. The third-order valence-electron chi connectivity index (χ3n) is 4.17. The molecule has 0 saturated carbocycles. The van der Waals surface area contributed by atoms with Crippen LogP contribution in [0.3, 0.4) is 0 Å². The Morgan fingerprint density at radius 2 is 2.06 bits per heavy atom. The van der Waals surface area contributed by atoms with E-state index < -0.39 is 11.4 Å². The third kappa shape index (κ3) is 2.40. The van der Waals surface area contributed by atoms with Gasteiger partial charge in [0.2, 0.25) is 0 Å². The molecule has 0 aromatic rings. The Bertz CT molecular complexity index is 252. The van der Waals surface area contributed by atoms with Gasteiger partial charge in [-0.05, 0) is 31.7 Å². The molecule has 0 spiro atoms. The summed E-state index contributed by atoms with van der Waals surface area (Å²) >= 11 is 0. The lowest BCUT2D eigenvalue weighted by molar-refractivity contribution is -0.148. The maximum Gasteiger partial charge on any atom is 0.310 e. The lowest BCUT2D eigenvalue weighted by Gasteiger charge is -2.31. The van der Waals surface area contributed by atoms with Crippen LogP contribution in [0.15, 0.2) is 0 Å². The van der Waals surface area contributed by atoms with Crippen LogP contribution in [0.25, 0.3) is 0 Å². The van der Waals surface area contributed by atoms with Crippen LogP contribution in [0.4, 0.5) is 0 Å². The minimum atomic E-state index is -0.615. The van der Waals surface area contributed by atoms with Crippen LogP contribution in [0, 0.1) is 11.3 Å². The Morgan fingerprint density at radius 1 is 1.44 bits per heavy atom. The zero-order chi connectivity index (χ0) is 12.3. The highest BCUT2D eigenvalue weighted by Gasteiger charge is 2.44. The summed E-state index contributed by atoms with van der Waals surface area (Å²) in [6.07, 6.45) is 2.66. The number of carboxylic acids is 1. The van der Waals surface area contributed by atoms with Gasteiger partial charge in [-0.3, -0.25) is 9.69 Å². The number of hydrogen-bond acceptors (Lipinski definition) is 2. The van der Waals surface area contributed by atoms with Crippen LogP contribution >= 0.6 is 0 Å². The molecule has 1 aliphatic heterocycles. The largest absolute Gasteiger partial charge is 0.481 e. The molecule has 1 heterocycles. The molecule has 0 aromatic heterocycles. The molecule has 1 rings (SSSR count). The van der Waals surface area contributed by atoms with E-state index in [1.165, 1.54) is 0 Å². The summed E-state index contributed by atoms with van der Waals surface area (Å²) in [6, 6.07) is 0.535. The van der Waals surface area contributed by atoms with Crippen LogP contribution < -0.4 is 0 Å². The van der Waals surface area contributed by atoms with Crippen LogP contribution in [-0.4, -0.2) is 35.1 Å². The molecule has 1 N–H and O–H groups in total. The minimum absolute atomic E-state index is 0.484. The van der Waals surface area contributed by atoms with Crippen molar-refractivity contribution in [2.75, 3.05) is 13.1 Å². The van der Waals surface area contributed by atoms with Gasteiger partial charge in [-0.1, -0.05) is 27.7 Å². The van der Waals surface area contributed by atoms with E-state index in [1.807, 2.05) is 6.92 Å². The Labute approximate surface area is 98.8 Å². The average molecular weight is 227 g/mol. The molecule has 16 heavy (non-hydrogen) atoms. The van der Waals surface area contributed by atoms with Crippen molar-refractivity contribution in [2.45, 2.75) is 53.0 Å². The van der Waals surface area contributed by atoms with Gasteiger partial charge in [-0.15, -0.1) is 0 Å². The molecule has 1 saturated heterocycles. The number of hydrogen-bond donors (Lipinski definition) is 1. The van der Waals surface area contributed by atoms with Gasteiger partial charge >= 0.3 is 5.97 Å². The number of carboxylic acid groups (broad SMARTS) is 1. The predicted molar refractivity (Wildman–Crippen MR) is 65.5 cm³/mol. The van der Waals surface area contributed by atoms with Crippen LogP contribution in [0.2, 0.25) is 0 Å². The summed E-state index contributed by atoms with van der Waals surface area (Å²) in [6.45, 7) is 10.3. The fraction of sp³-hybridized carbons (Fsp3) is 0.923. The molecule has 2 unspecified atom stereocenters. The van der Waals surface area contributed by atoms with Gasteiger partial charge < -0.3 is 5.11 Å². The standard InChI is InChI=1S/C13H25NO2/c1-5-11(10(3)4)14-8-7-13(6-2,9-14)12(15)16/h10-11H,5-9H2,1-4H3,(H,15,16). The first-order valence-electron chi connectivity index (χ1n) is 6.44. The van der Waals surface area contributed by atoms with E-state index in [1.54, 1.807) is 0 Å². The van der Waals surface area contributed by atoms with Gasteiger partial charge in [0.1, 0.15) is 0 Å². The molecular weight excluding hydrogens is 202 g/mol. The quantitative estimate of drug-likeness (QED) is 0.785. The highest BCUT2D eigenvalue weighted by molar-refractivity contribution is 5.75. The third-order valence-corrected chi connectivity index (χ3v) is 4.17. The van der Waals surface area contributed by atoms with Crippen LogP contribution in [0.5, 0.6) is 0 Å². The van der Waals surface area contributed by atoms with Crippen molar-refractivity contribution in [1.82, 2.24) is 4.90 Å². The SMILES string of the molecule is CCC(C(C)C)N1CCC(CC)(C(=O)O)C1. The molecule has 0 bridgehead atoms. The second kappa shape index (κ2) is 5.17. The average Bonchev–Trinajstić information content (AvgIpc) is 2.64. The summed E-state index contributed by atoms with van der Waals surface area (Å²) in [7, 11) is 0. The van der Waals surface area contributed by atoms with Crippen molar-refractivity contribution < 1.29 is 9.90 Å². The highest BCUT2D eigenvalue weighted by Crippen LogP contribution is 2.36.